The minimum absolute atomic E-state index is 0.0229. The molecule has 0 amide bonds. The van der Waals surface area contributed by atoms with Crippen LogP contribution in [0.3, 0.4) is 0 Å². The number of hydrogen-bond donors (Lipinski definition) is 1. The SMILES string of the molecule is COc1ccccc1C(CNc1ccc(C(F)(F)F)cn1)N(C)C. The fourth-order valence-electron chi connectivity index (χ4n) is 2.38. The van der Waals surface area contributed by atoms with Gasteiger partial charge in [-0.05, 0) is 32.3 Å². The minimum Gasteiger partial charge on any atom is -0.496 e. The number of anilines is 1. The first-order valence-corrected chi connectivity index (χ1v) is 7.39. The first-order valence-electron chi connectivity index (χ1n) is 7.39. The van der Waals surface area contributed by atoms with Crippen molar-refractivity contribution >= 4 is 5.82 Å². The lowest BCUT2D eigenvalue weighted by molar-refractivity contribution is -0.137. The molecule has 0 aliphatic carbocycles. The third-order valence-corrected chi connectivity index (χ3v) is 3.69. The molecule has 0 saturated heterocycles. The van der Waals surface area contributed by atoms with Crippen molar-refractivity contribution < 1.29 is 17.9 Å². The number of para-hydroxylation sites is 1. The van der Waals surface area contributed by atoms with Gasteiger partial charge in [0.15, 0.2) is 0 Å². The maximum absolute atomic E-state index is 12.6. The molecule has 130 valence electrons. The van der Waals surface area contributed by atoms with Gasteiger partial charge in [-0.3, -0.25) is 0 Å². The van der Waals surface area contributed by atoms with Gasteiger partial charge in [0.2, 0.25) is 0 Å². The quantitative estimate of drug-likeness (QED) is 0.868. The van der Waals surface area contributed by atoms with Gasteiger partial charge in [0.05, 0.1) is 18.7 Å². The van der Waals surface area contributed by atoms with E-state index in [4.69, 9.17) is 4.74 Å². The van der Waals surface area contributed by atoms with Gasteiger partial charge in [-0.15, -0.1) is 0 Å². The molecule has 4 nitrogen and oxygen atoms in total. The Balaban J connectivity index is 2.12. The standard InChI is InChI=1S/C17H20F3N3O/c1-23(2)14(13-6-4-5-7-15(13)24-3)11-22-16-9-8-12(10-21-16)17(18,19)20/h4-10,14H,11H2,1-3H3,(H,21,22). The molecular formula is C17H20F3N3O. The fraction of sp³-hybridized carbons (Fsp3) is 0.353. The number of alkyl halides is 3. The van der Waals surface area contributed by atoms with Crippen LogP contribution in [0.4, 0.5) is 19.0 Å². The Kier molecular flexibility index (Phi) is 5.66. The molecule has 1 atom stereocenters. The van der Waals surface area contributed by atoms with Gasteiger partial charge < -0.3 is 15.0 Å². The third-order valence-electron chi connectivity index (χ3n) is 3.69. The average molecular weight is 339 g/mol. The van der Waals surface area contributed by atoms with Crippen molar-refractivity contribution in [2.75, 3.05) is 33.1 Å². The minimum atomic E-state index is -4.38. The maximum Gasteiger partial charge on any atom is 0.417 e. The van der Waals surface area contributed by atoms with Crippen molar-refractivity contribution in [3.05, 3.63) is 53.7 Å². The van der Waals surface area contributed by atoms with Gasteiger partial charge in [0.1, 0.15) is 11.6 Å². The molecule has 0 radical (unpaired) electrons. The Labute approximate surface area is 139 Å². The lowest BCUT2D eigenvalue weighted by atomic mass is 10.0. The van der Waals surface area contributed by atoms with Crippen molar-refractivity contribution in [1.82, 2.24) is 9.88 Å². The molecule has 24 heavy (non-hydrogen) atoms. The van der Waals surface area contributed by atoms with Crippen LogP contribution in [0.25, 0.3) is 0 Å². The number of ether oxygens (including phenoxy) is 1. The van der Waals surface area contributed by atoms with E-state index in [2.05, 4.69) is 10.3 Å². The number of methoxy groups -OCH3 is 1. The second-order valence-corrected chi connectivity index (χ2v) is 5.53. The van der Waals surface area contributed by atoms with Gasteiger partial charge in [-0.2, -0.15) is 13.2 Å². The van der Waals surface area contributed by atoms with Crippen molar-refractivity contribution in [2.24, 2.45) is 0 Å². The number of hydrogen-bond acceptors (Lipinski definition) is 4. The molecule has 0 bridgehead atoms. The molecule has 1 aromatic carbocycles. The number of rotatable bonds is 6. The van der Waals surface area contributed by atoms with E-state index in [9.17, 15) is 13.2 Å². The molecule has 1 N–H and O–H groups in total. The highest BCUT2D eigenvalue weighted by molar-refractivity contribution is 5.40. The van der Waals surface area contributed by atoms with Crippen LogP contribution in [-0.4, -0.2) is 37.6 Å². The van der Waals surface area contributed by atoms with Crippen LogP contribution >= 0.6 is 0 Å². The predicted octanol–water partition coefficient (Wildman–Crippen LogP) is 3.82. The van der Waals surface area contributed by atoms with Crippen LogP contribution in [0.2, 0.25) is 0 Å². The van der Waals surface area contributed by atoms with Crippen molar-refractivity contribution in [2.45, 2.75) is 12.2 Å². The zero-order valence-corrected chi connectivity index (χ0v) is 13.8. The highest BCUT2D eigenvalue weighted by Crippen LogP contribution is 2.30. The first-order chi connectivity index (χ1) is 11.3. The van der Waals surface area contributed by atoms with Crippen LogP contribution in [0.1, 0.15) is 17.2 Å². The van der Waals surface area contributed by atoms with E-state index in [0.29, 0.717) is 12.4 Å². The summed E-state index contributed by atoms with van der Waals surface area (Å²) in [4.78, 5) is 5.84. The molecule has 1 unspecified atom stereocenters. The second-order valence-electron chi connectivity index (χ2n) is 5.53. The Morgan fingerprint density at radius 1 is 1.17 bits per heavy atom. The molecule has 0 aliphatic rings. The molecular weight excluding hydrogens is 319 g/mol. The number of nitrogens with one attached hydrogen (secondary N) is 1. The van der Waals surface area contributed by atoms with E-state index in [0.717, 1.165) is 23.6 Å². The molecule has 1 aromatic heterocycles. The Morgan fingerprint density at radius 2 is 1.88 bits per heavy atom. The van der Waals surface area contributed by atoms with Crippen LogP contribution in [0.5, 0.6) is 5.75 Å². The summed E-state index contributed by atoms with van der Waals surface area (Å²) in [6.45, 7) is 0.478. The molecule has 1 heterocycles. The summed E-state index contributed by atoms with van der Waals surface area (Å²) in [5.41, 5.74) is 0.228. The summed E-state index contributed by atoms with van der Waals surface area (Å²) in [5, 5.41) is 3.08. The molecule has 2 aromatic rings. The average Bonchev–Trinajstić information content (AvgIpc) is 2.55. The fourth-order valence-corrected chi connectivity index (χ4v) is 2.38. The van der Waals surface area contributed by atoms with Crippen LogP contribution < -0.4 is 10.1 Å². The summed E-state index contributed by atoms with van der Waals surface area (Å²) in [7, 11) is 5.47. The van der Waals surface area contributed by atoms with E-state index in [1.807, 2.05) is 43.3 Å². The van der Waals surface area contributed by atoms with E-state index >= 15 is 0 Å². The topological polar surface area (TPSA) is 37.4 Å². The Morgan fingerprint density at radius 3 is 2.42 bits per heavy atom. The zero-order valence-electron chi connectivity index (χ0n) is 13.8. The summed E-state index contributed by atoms with van der Waals surface area (Å²) >= 11 is 0. The smallest absolute Gasteiger partial charge is 0.417 e. The Bertz CT molecular complexity index is 657. The summed E-state index contributed by atoms with van der Waals surface area (Å²) in [6.07, 6.45) is -3.55. The van der Waals surface area contributed by atoms with E-state index < -0.39 is 11.7 Å². The maximum atomic E-state index is 12.6. The van der Waals surface area contributed by atoms with Gasteiger partial charge in [-0.25, -0.2) is 4.98 Å². The normalized spacial score (nSPS) is 13.0. The molecule has 2 rings (SSSR count). The molecule has 0 fully saturated rings. The largest absolute Gasteiger partial charge is 0.496 e. The van der Waals surface area contributed by atoms with E-state index in [1.54, 1.807) is 7.11 Å². The van der Waals surface area contributed by atoms with E-state index in [-0.39, 0.29) is 6.04 Å². The second kappa shape index (κ2) is 7.53. The lowest BCUT2D eigenvalue weighted by Gasteiger charge is -2.26. The first kappa shape index (κ1) is 18.1. The summed E-state index contributed by atoms with van der Waals surface area (Å²) < 4.78 is 43.1. The number of likely N-dealkylation sites (N-methyl/N-ethyl adjacent to an activating group) is 1. The van der Waals surface area contributed by atoms with Crippen molar-refractivity contribution in [3.8, 4) is 5.75 Å². The molecule has 7 heteroatoms. The number of halogens is 3. The number of benzene rings is 1. The van der Waals surface area contributed by atoms with Crippen molar-refractivity contribution in [3.63, 3.8) is 0 Å². The van der Waals surface area contributed by atoms with E-state index in [1.165, 1.54) is 6.07 Å². The van der Waals surface area contributed by atoms with Gasteiger partial charge >= 0.3 is 6.18 Å². The summed E-state index contributed by atoms with van der Waals surface area (Å²) in [6, 6.07) is 9.98. The highest BCUT2D eigenvalue weighted by atomic mass is 19.4. The number of pyridine rings is 1. The number of aromatic nitrogens is 1. The van der Waals surface area contributed by atoms with Crippen molar-refractivity contribution in [1.29, 1.82) is 0 Å². The van der Waals surface area contributed by atoms with Crippen LogP contribution in [-0.2, 0) is 6.18 Å². The predicted molar refractivity (Wildman–Crippen MR) is 87.2 cm³/mol. The molecule has 0 aliphatic heterocycles. The van der Waals surface area contributed by atoms with Gasteiger partial charge in [0, 0.05) is 18.3 Å². The monoisotopic (exact) mass is 339 g/mol. The van der Waals surface area contributed by atoms with Gasteiger partial charge in [-0.1, -0.05) is 18.2 Å². The summed E-state index contributed by atoms with van der Waals surface area (Å²) in [5.74, 6) is 1.16. The molecule has 0 spiro atoms. The van der Waals surface area contributed by atoms with Crippen LogP contribution in [0, 0.1) is 0 Å². The molecule has 0 saturated carbocycles. The highest BCUT2D eigenvalue weighted by Gasteiger charge is 2.30. The Hall–Kier alpha value is -2.28. The van der Waals surface area contributed by atoms with Crippen LogP contribution in [0.15, 0.2) is 42.6 Å². The lowest BCUT2D eigenvalue weighted by Crippen LogP contribution is -2.27. The van der Waals surface area contributed by atoms with Gasteiger partial charge in [0.25, 0.3) is 0 Å². The third kappa shape index (κ3) is 4.38. The number of nitrogens with zero attached hydrogens (tertiary/aromatic N) is 2. The zero-order chi connectivity index (χ0) is 17.7.